The van der Waals surface area contributed by atoms with Gasteiger partial charge in [-0.05, 0) is 66.9 Å². The summed E-state index contributed by atoms with van der Waals surface area (Å²) < 4.78 is 70.5. The smallest absolute Gasteiger partial charge is 0.411 e. The van der Waals surface area contributed by atoms with E-state index >= 15 is 4.79 Å². The highest BCUT2D eigenvalue weighted by Gasteiger charge is 2.64. The Hall–Kier alpha value is -4.05. The molecular formula is C40H51F3N4O7S2. The lowest BCUT2D eigenvalue weighted by molar-refractivity contribution is -0.224. The van der Waals surface area contributed by atoms with Gasteiger partial charge in [0.2, 0.25) is 21.8 Å². The number of amides is 4. The lowest BCUT2D eigenvalue weighted by Crippen LogP contribution is -2.67. The summed E-state index contributed by atoms with van der Waals surface area (Å²) in [7, 11) is -4.01. The van der Waals surface area contributed by atoms with Crippen molar-refractivity contribution in [1.82, 2.24) is 19.8 Å². The van der Waals surface area contributed by atoms with Gasteiger partial charge in [-0.1, -0.05) is 95.3 Å². The second-order valence-electron chi connectivity index (χ2n) is 17.0. The number of halogens is 3. The minimum absolute atomic E-state index is 0.0267. The monoisotopic (exact) mass is 820 g/mol. The third-order valence-electron chi connectivity index (χ3n) is 11.0. The molecule has 56 heavy (non-hydrogen) atoms. The summed E-state index contributed by atoms with van der Waals surface area (Å²) in [6.07, 6.45) is -4.88. The largest absolute Gasteiger partial charge is 0.465 e. The maximum absolute atomic E-state index is 15.1. The highest BCUT2D eigenvalue weighted by atomic mass is 32.2. The highest BCUT2D eigenvalue weighted by molar-refractivity contribution is 8.00. The van der Waals surface area contributed by atoms with E-state index in [0.717, 1.165) is 21.6 Å². The van der Waals surface area contributed by atoms with Crippen molar-refractivity contribution in [2.45, 2.75) is 119 Å². The van der Waals surface area contributed by atoms with Crippen molar-refractivity contribution < 1.29 is 45.9 Å². The van der Waals surface area contributed by atoms with Crippen LogP contribution in [0.15, 0.2) is 67.3 Å². The molecule has 2 aliphatic carbocycles. The van der Waals surface area contributed by atoms with Crippen LogP contribution < -0.4 is 10.0 Å². The van der Waals surface area contributed by atoms with E-state index in [1.807, 2.05) is 68.4 Å². The van der Waals surface area contributed by atoms with E-state index in [-0.39, 0.29) is 29.5 Å². The van der Waals surface area contributed by atoms with Crippen LogP contribution in [0.4, 0.5) is 18.0 Å². The summed E-state index contributed by atoms with van der Waals surface area (Å²) in [4.78, 5) is 57.5. The molecule has 2 aromatic rings. The molecule has 1 saturated heterocycles. The Morgan fingerprint density at radius 2 is 1.54 bits per heavy atom. The predicted molar refractivity (Wildman–Crippen MR) is 209 cm³/mol. The summed E-state index contributed by atoms with van der Waals surface area (Å²) in [5, 5.41) is 12.3. The summed E-state index contributed by atoms with van der Waals surface area (Å²) in [6.45, 7) is 13.2. The highest BCUT2D eigenvalue weighted by Crippen LogP contribution is 2.52. The van der Waals surface area contributed by atoms with Crippen molar-refractivity contribution >= 4 is 45.6 Å². The molecule has 11 nitrogen and oxygen atoms in total. The van der Waals surface area contributed by atoms with Crippen LogP contribution in [0.5, 0.6) is 0 Å². The van der Waals surface area contributed by atoms with E-state index in [1.54, 1.807) is 0 Å². The number of rotatable bonds is 13. The molecule has 1 aliphatic heterocycles. The van der Waals surface area contributed by atoms with E-state index in [0.29, 0.717) is 26.7 Å². The average molecular weight is 821 g/mol. The summed E-state index contributed by atoms with van der Waals surface area (Å²) >= 11 is 1.45. The number of alkyl halides is 3. The lowest BCUT2D eigenvalue weighted by atomic mass is 9.82. The Kier molecular flexibility index (Phi) is 11.6. The van der Waals surface area contributed by atoms with Crippen LogP contribution in [-0.2, 0) is 29.2 Å². The standard InChI is InChI=1S/C40H51F3N4O7S2/c1-9-27-21-39(27,34(50)45-56(53,54)29-19-20-29)44-32(48)30-22-38(55-24(2)3,28-17-15-26(16-18-28)25-13-11-10-12-14-25)23-46(30)33(49)31(36(4,5)6)47(35(51)52)37(7,8)40(41,42)43/h9-18,24,27,29-31H,1,19-23H2,2-8H3,(H,44,48)(H,45,50)(H,51,52)/t27-,30+,31-,38+,39-/m1/s1. The molecule has 3 fully saturated rings. The van der Waals surface area contributed by atoms with Gasteiger partial charge in [-0.3, -0.25) is 24.0 Å². The van der Waals surface area contributed by atoms with Crippen LogP contribution in [-0.4, -0.2) is 93.5 Å². The third-order valence-corrected chi connectivity index (χ3v) is 14.2. The van der Waals surface area contributed by atoms with Gasteiger partial charge in [0.1, 0.15) is 23.2 Å². The zero-order chi connectivity index (χ0) is 41.8. The van der Waals surface area contributed by atoms with E-state index in [2.05, 4.69) is 16.6 Å². The summed E-state index contributed by atoms with van der Waals surface area (Å²) in [5.74, 6) is -3.45. The minimum atomic E-state index is -5.08. The second kappa shape index (κ2) is 15.0. The first-order chi connectivity index (χ1) is 25.8. The normalized spacial score (nSPS) is 24.7. The number of carboxylic acid groups (broad SMARTS) is 1. The first-order valence-corrected chi connectivity index (χ1v) is 21.0. The van der Waals surface area contributed by atoms with Gasteiger partial charge in [-0.25, -0.2) is 13.2 Å². The van der Waals surface area contributed by atoms with E-state index in [4.69, 9.17) is 0 Å². The van der Waals surface area contributed by atoms with E-state index in [9.17, 15) is 41.1 Å². The van der Waals surface area contributed by atoms with E-state index < -0.39 is 84.5 Å². The maximum atomic E-state index is 15.1. The SMILES string of the molecule is C=C[C@@H]1C[C@]1(NC(=O)[C@@H]1C[C@@](SC(C)C)(c2ccc(-c3ccccc3)cc2)CN1C(=O)[C@@H](N(C(=O)O)C(C)(C)C(F)(F)F)C(C)(C)C)C(=O)NS(=O)(=O)C1CC1. The number of likely N-dealkylation sites (tertiary alicyclic amines) is 1. The topological polar surface area (TPSA) is 153 Å². The number of carbonyl (C=O) groups is 4. The summed E-state index contributed by atoms with van der Waals surface area (Å²) in [5.41, 5.74) is -3.57. The van der Waals surface area contributed by atoms with Crippen LogP contribution in [0.1, 0.15) is 79.7 Å². The Balaban J connectivity index is 1.62. The van der Waals surface area contributed by atoms with Crippen LogP contribution >= 0.6 is 11.8 Å². The van der Waals surface area contributed by atoms with Crippen LogP contribution in [0.25, 0.3) is 11.1 Å². The van der Waals surface area contributed by atoms with Crippen LogP contribution in [0, 0.1) is 11.3 Å². The van der Waals surface area contributed by atoms with Crippen molar-refractivity contribution in [3.63, 3.8) is 0 Å². The van der Waals surface area contributed by atoms with Gasteiger partial charge in [0, 0.05) is 12.5 Å². The number of thioether (sulfide) groups is 1. The first-order valence-electron chi connectivity index (χ1n) is 18.6. The molecule has 0 radical (unpaired) electrons. The van der Waals surface area contributed by atoms with Crippen molar-refractivity contribution in [3.8, 4) is 11.1 Å². The van der Waals surface area contributed by atoms with Gasteiger partial charge in [0.15, 0.2) is 0 Å². The van der Waals surface area contributed by atoms with Crippen LogP contribution in [0.2, 0.25) is 0 Å². The van der Waals surface area contributed by atoms with Crippen molar-refractivity contribution in [3.05, 3.63) is 72.8 Å². The molecule has 0 unspecified atom stereocenters. The third kappa shape index (κ3) is 8.32. The average Bonchev–Trinajstić information content (AvgIpc) is 4.03. The minimum Gasteiger partial charge on any atom is -0.465 e. The molecule has 2 aromatic carbocycles. The van der Waals surface area contributed by atoms with Gasteiger partial charge < -0.3 is 15.3 Å². The van der Waals surface area contributed by atoms with E-state index in [1.165, 1.54) is 38.6 Å². The van der Waals surface area contributed by atoms with Gasteiger partial charge >= 0.3 is 12.3 Å². The molecule has 5 rings (SSSR count). The summed E-state index contributed by atoms with van der Waals surface area (Å²) in [6, 6.07) is 13.8. The molecule has 3 aliphatic rings. The quantitative estimate of drug-likeness (QED) is 0.189. The maximum Gasteiger partial charge on any atom is 0.411 e. The number of sulfonamides is 1. The molecule has 1 heterocycles. The first kappa shape index (κ1) is 43.1. The predicted octanol–water partition coefficient (Wildman–Crippen LogP) is 6.70. The molecular weight excluding hydrogens is 770 g/mol. The molecule has 5 atom stereocenters. The second-order valence-corrected chi connectivity index (χ2v) is 20.9. The fraction of sp³-hybridized carbons (Fsp3) is 0.550. The van der Waals surface area contributed by atoms with Crippen molar-refractivity contribution in [2.24, 2.45) is 11.3 Å². The number of hydrogen-bond acceptors (Lipinski definition) is 7. The number of nitrogens with zero attached hydrogens (tertiary/aromatic N) is 2. The Bertz CT molecular complexity index is 1960. The molecule has 4 amide bonds. The number of carbonyl (C=O) groups excluding carboxylic acids is 3. The Morgan fingerprint density at radius 1 is 0.964 bits per heavy atom. The molecule has 3 N–H and O–H groups in total. The number of hydrogen-bond donors (Lipinski definition) is 3. The van der Waals surface area contributed by atoms with Gasteiger partial charge in [0.05, 0.1) is 10.00 Å². The van der Waals surface area contributed by atoms with Gasteiger partial charge in [0.25, 0.3) is 5.91 Å². The molecule has 0 aromatic heterocycles. The molecule has 0 bridgehead atoms. The molecule has 306 valence electrons. The molecule has 0 spiro atoms. The number of nitrogens with one attached hydrogen (secondary N) is 2. The number of benzene rings is 2. The fourth-order valence-corrected chi connectivity index (χ4v) is 10.6. The van der Waals surface area contributed by atoms with Crippen LogP contribution in [0.3, 0.4) is 0 Å². The molecule has 16 heteroatoms. The molecule has 2 saturated carbocycles. The van der Waals surface area contributed by atoms with Gasteiger partial charge in [-0.2, -0.15) is 13.2 Å². The Labute approximate surface area is 330 Å². The van der Waals surface area contributed by atoms with Gasteiger partial charge in [-0.15, -0.1) is 18.3 Å². The van der Waals surface area contributed by atoms with Crippen molar-refractivity contribution in [2.75, 3.05) is 6.54 Å². The Morgan fingerprint density at radius 3 is 2.00 bits per heavy atom. The zero-order valence-electron chi connectivity index (χ0n) is 32.6. The van der Waals surface area contributed by atoms with Crippen molar-refractivity contribution in [1.29, 1.82) is 0 Å². The lowest BCUT2D eigenvalue weighted by Gasteiger charge is -2.47. The fourth-order valence-electron chi connectivity index (χ4n) is 7.60. The zero-order valence-corrected chi connectivity index (χ0v) is 34.3.